The topological polar surface area (TPSA) is 113 Å². The number of nitrogens with one attached hydrogen (secondary N) is 2. The predicted molar refractivity (Wildman–Crippen MR) is 98.1 cm³/mol. The number of likely N-dealkylation sites (tertiary alicyclic amines) is 1. The number of carbonyl (C=O) groups is 3. The van der Waals surface area contributed by atoms with Crippen molar-refractivity contribution in [2.45, 2.75) is 32.2 Å². The second-order valence-corrected chi connectivity index (χ2v) is 9.32. The molecule has 0 saturated carbocycles. The number of hydrogen-bond acceptors (Lipinski definition) is 5. The summed E-state index contributed by atoms with van der Waals surface area (Å²) in [5, 5.41) is 0. The molecule has 3 amide bonds. The van der Waals surface area contributed by atoms with Crippen LogP contribution in [-0.2, 0) is 26.0 Å². The zero-order valence-electron chi connectivity index (χ0n) is 14.9. The first-order chi connectivity index (χ1) is 12.8. The molecule has 1 atom stereocenters. The van der Waals surface area contributed by atoms with Crippen LogP contribution in [0.15, 0.2) is 24.3 Å². The molecule has 0 bridgehead atoms. The minimum atomic E-state index is -3.02. The van der Waals surface area contributed by atoms with E-state index in [9.17, 15) is 22.8 Å². The molecule has 2 aliphatic rings. The maximum Gasteiger partial charge on any atom is 0.269 e. The minimum absolute atomic E-state index is 0.0232. The van der Waals surface area contributed by atoms with E-state index in [-0.39, 0.29) is 29.8 Å². The van der Waals surface area contributed by atoms with E-state index >= 15 is 0 Å². The van der Waals surface area contributed by atoms with Gasteiger partial charge in [-0.05, 0) is 36.5 Å². The summed E-state index contributed by atoms with van der Waals surface area (Å²) in [6.07, 6.45) is 2.02. The van der Waals surface area contributed by atoms with E-state index in [1.165, 1.54) is 0 Å². The summed E-state index contributed by atoms with van der Waals surface area (Å²) < 4.78 is 22.8. The smallest absolute Gasteiger partial charge is 0.269 e. The van der Waals surface area contributed by atoms with Crippen molar-refractivity contribution in [2.24, 2.45) is 5.92 Å². The molecule has 3 rings (SSSR count). The quantitative estimate of drug-likeness (QED) is 0.703. The molecular formula is C18H23N3O5S. The van der Waals surface area contributed by atoms with Crippen molar-refractivity contribution in [2.75, 3.05) is 18.1 Å². The third-order valence-electron chi connectivity index (χ3n) is 4.88. The zero-order chi connectivity index (χ0) is 19.4. The summed E-state index contributed by atoms with van der Waals surface area (Å²) in [7, 11) is -3.02. The molecule has 146 valence electrons. The molecule has 2 heterocycles. The summed E-state index contributed by atoms with van der Waals surface area (Å²) in [6, 6.07) is 6.85. The monoisotopic (exact) mass is 393 g/mol. The van der Waals surface area contributed by atoms with E-state index in [2.05, 4.69) is 10.9 Å². The van der Waals surface area contributed by atoms with Crippen LogP contribution < -0.4 is 10.9 Å². The fraction of sp³-hybridized carbons (Fsp3) is 0.500. The highest BCUT2D eigenvalue weighted by Crippen LogP contribution is 2.21. The molecule has 9 heteroatoms. The van der Waals surface area contributed by atoms with Crippen LogP contribution in [0.25, 0.3) is 0 Å². The largest absolute Gasteiger partial charge is 0.338 e. The van der Waals surface area contributed by atoms with Gasteiger partial charge in [-0.25, -0.2) is 8.42 Å². The summed E-state index contributed by atoms with van der Waals surface area (Å²) >= 11 is 0. The lowest BCUT2D eigenvalue weighted by Gasteiger charge is -2.15. The number of amides is 3. The highest BCUT2D eigenvalue weighted by molar-refractivity contribution is 7.91. The van der Waals surface area contributed by atoms with Crippen LogP contribution >= 0.6 is 0 Å². The number of rotatable bonds is 5. The van der Waals surface area contributed by atoms with Crippen LogP contribution in [0.4, 0.5) is 0 Å². The Morgan fingerprint density at radius 3 is 2.48 bits per heavy atom. The highest BCUT2D eigenvalue weighted by Gasteiger charge is 2.29. The van der Waals surface area contributed by atoms with Gasteiger partial charge < -0.3 is 4.90 Å². The van der Waals surface area contributed by atoms with Gasteiger partial charge >= 0.3 is 0 Å². The van der Waals surface area contributed by atoms with Crippen molar-refractivity contribution < 1.29 is 22.8 Å². The molecule has 2 aliphatic heterocycles. The fourth-order valence-electron chi connectivity index (χ4n) is 3.40. The second-order valence-electron chi connectivity index (χ2n) is 7.09. The molecule has 0 aromatic heterocycles. The van der Waals surface area contributed by atoms with E-state index in [0.717, 1.165) is 18.5 Å². The maximum absolute atomic E-state index is 12.1. The fourth-order valence-corrected chi connectivity index (χ4v) is 5.26. The lowest BCUT2D eigenvalue weighted by Crippen LogP contribution is -2.42. The Labute approximate surface area is 158 Å². The Morgan fingerprint density at radius 1 is 1.15 bits per heavy atom. The number of benzene rings is 1. The van der Waals surface area contributed by atoms with Crippen LogP contribution in [0, 0.1) is 5.92 Å². The maximum atomic E-state index is 12.1. The number of hydrogen-bond donors (Lipinski definition) is 2. The third-order valence-corrected chi connectivity index (χ3v) is 6.71. The van der Waals surface area contributed by atoms with Gasteiger partial charge in [-0.1, -0.05) is 12.1 Å². The molecule has 0 spiro atoms. The first-order valence-electron chi connectivity index (χ1n) is 8.99. The summed E-state index contributed by atoms with van der Waals surface area (Å²) in [5.74, 6) is -0.767. The van der Waals surface area contributed by atoms with Gasteiger partial charge in [0, 0.05) is 31.5 Å². The first kappa shape index (κ1) is 19.3. The number of sulfone groups is 1. The molecule has 2 N–H and O–H groups in total. The molecule has 1 aromatic rings. The van der Waals surface area contributed by atoms with E-state index < -0.39 is 21.7 Å². The molecule has 2 saturated heterocycles. The molecule has 1 aromatic carbocycles. The van der Waals surface area contributed by atoms with Crippen molar-refractivity contribution in [1.82, 2.24) is 15.8 Å². The van der Waals surface area contributed by atoms with Gasteiger partial charge in [-0.2, -0.15) is 0 Å². The number of nitrogens with zero attached hydrogens (tertiary/aromatic N) is 1. The van der Waals surface area contributed by atoms with Crippen molar-refractivity contribution in [1.29, 1.82) is 0 Å². The molecule has 8 nitrogen and oxygen atoms in total. The minimum Gasteiger partial charge on any atom is -0.338 e. The Morgan fingerprint density at radius 2 is 1.89 bits per heavy atom. The van der Waals surface area contributed by atoms with Crippen molar-refractivity contribution in [3.8, 4) is 0 Å². The molecule has 0 radical (unpaired) electrons. The molecule has 0 unspecified atom stereocenters. The van der Waals surface area contributed by atoms with Crippen molar-refractivity contribution in [3.05, 3.63) is 35.4 Å². The molecule has 0 aliphatic carbocycles. The Hall–Kier alpha value is -2.42. The van der Waals surface area contributed by atoms with Crippen molar-refractivity contribution in [3.63, 3.8) is 0 Å². The van der Waals surface area contributed by atoms with Crippen LogP contribution in [0.2, 0.25) is 0 Å². The average Bonchev–Trinajstić information content (AvgIpc) is 3.18. The number of carbonyl (C=O) groups excluding carboxylic acids is 3. The van der Waals surface area contributed by atoms with Gasteiger partial charge in [-0.3, -0.25) is 25.2 Å². The van der Waals surface area contributed by atoms with E-state index in [4.69, 9.17) is 0 Å². The normalized spacial score (nSPS) is 21.3. The Kier molecular flexibility index (Phi) is 5.79. The van der Waals surface area contributed by atoms with Gasteiger partial charge in [0.2, 0.25) is 11.8 Å². The zero-order valence-corrected chi connectivity index (χ0v) is 15.8. The van der Waals surface area contributed by atoms with Crippen LogP contribution in [-0.4, -0.2) is 49.1 Å². The van der Waals surface area contributed by atoms with Crippen molar-refractivity contribution >= 4 is 27.6 Å². The summed E-state index contributed by atoms with van der Waals surface area (Å²) in [5.41, 5.74) is 5.99. The van der Waals surface area contributed by atoms with Gasteiger partial charge in [0.25, 0.3) is 5.91 Å². The van der Waals surface area contributed by atoms with Gasteiger partial charge in [-0.15, -0.1) is 0 Å². The van der Waals surface area contributed by atoms with Crippen LogP contribution in [0.5, 0.6) is 0 Å². The molecule has 27 heavy (non-hydrogen) atoms. The molecule has 2 fully saturated rings. The van der Waals surface area contributed by atoms with Gasteiger partial charge in [0.1, 0.15) is 0 Å². The van der Waals surface area contributed by atoms with E-state index in [1.807, 2.05) is 0 Å². The average molecular weight is 393 g/mol. The third kappa shape index (κ3) is 5.29. The van der Waals surface area contributed by atoms with Gasteiger partial charge in [0.05, 0.1) is 11.5 Å². The lowest BCUT2D eigenvalue weighted by atomic mass is 10.1. The lowest BCUT2D eigenvalue weighted by molar-refractivity contribution is -0.128. The van der Waals surface area contributed by atoms with Gasteiger partial charge in [0.15, 0.2) is 9.84 Å². The van der Waals surface area contributed by atoms with Crippen LogP contribution in [0.3, 0.4) is 0 Å². The standard InChI is InChI=1S/C18H23N3O5S/c22-16(10-14-7-9-27(25,26)12-14)19-20-18(24)15-5-3-13(4-6-15)11-21-8-1-2-17(21)23/h3-6,14H,1-2,7-12H2,(H,19,22)(H,20,24)/t14-/m0/s1. The second kappa shape index (κ2) is 8.08. The first-order valence-corrected chi connectivity index (χ1v) is 10.8. The van der Waals surface area contributed by atoms with E-state index in [1.54, 1.807) is 29.2 Å². The number of hydrazine groups is 1. The van der Waals surface area contributed by atoms with Crippen LogP contribution in [0.1, 0.15) is 41.6 Å². The Bertz CT molecular complexity index is 835. The summed E-state index contributed by atoms with van der Waals surface area (Å²) in [4.78, 5) is 37.4. The summed E-state index contributed by atoms with van der Waals surface area (Å²) in [6.45, 7) is 1.29. The molecular weight excluding hydrogens is 370 g/mol. The van der Waals surface area contributed by atoms with E-state index in [0.29, 0.717) is 24.9 Å². The highest BCUT2D eigenvalue weighted by atomic mass is 32.2. The SMILES string of the molecule is O=C(C[C@@H]1CCS(=O)(=O)C1)NNC(=O)c1ccc(CN2CCCC2=O)cc1. The Balaban J connectivity index is 1.45. The predicted octanol–water partition coefficient (Wildman–Crippen LogP) is 0.395.